The van der Waals surface area contributed by atoms with Crippen molar-refractivity contribution in [1.82, 2.24) is 14.9 Å². The number of aromatic nitrogens is 2. The first-order chi connectivity index (χ1) is 11.8. The summed E-state index contributed by atoms with van der Waals surface area (Å²) in [5, 5.41) is 0. The Morgan fingerprint density at radius 2 is 1.88 bits per heavy atom. The lowest BCUT2D eigenvalue weighted by Crippen LogP contribution is -2.37. The molecule has 25 heavy (non-hydrogen) atoms. The van der Waals surface area contributed by atoms with Crippen LogP contribution < -0.4 is 4.90 Å². The van der Waals surface area contributed by atoms with E-state index < -0.39 is 5.60 Å². The standard InChI is InChI=1S/C18H24N4O3/c1-11-15-14(5-6-24-15)20-16(19-11)21-7-12-9-22(10-13(12)8-21)17(23)25-18(2,3)4/h5-6,12-13H,7-10H2,1-4H3/t12-,13+. The molecule has 2 aliphatic heterocycles. The van der Waals surface area contributed by atoms with Crippen molar-refractivity contribution in [3.8, 4) is 0 Å². The summed E-state index contributed by atoms with van der Waals surface area (Å²) >= 11 is 0. The molecule has 134 valence electrons. The lowest BCUT2D eigenvalue weighted by molar-refractivity contribution is 0.0282. The van der Waals surface area contributed by atoms with Gasteiger partial charge in [0.05, 0.1) is 12.0 Å². The molecule has 0 bridgehead atoms. The number of amides is 1. The van der Waals surface area contributed by atoms with E-state index in [1.807, 2.05) is 38.7 Å². The van der Waals surface area contributed by atoms with Crippen LogP contribution in [0, 0.1) is 18.8 Å². The summed E-state index contributed by atoms with van der Waals surface area (Å²) in [4.78, 5) is 25.5. The lowest BCUT2D eigenvalue weighted by atomic mass is 10.0. The number of hydrogen-bond donors (Lipinski definition) is 0. The first-order valence-electron chi connectivity index (χ1n) is 8.75. The molecule has 4 heterocycles. The maximum atomic E-state index is 12.3. The number of hydrogen-bond acceptors (Lipinski definition) is 6. The SMILES string of the molecule is Cc1nc(N2C[C@H]3CN(C(=O)OC(C)(C)C)C[C@H]3C2)nc2ccoc12. The number of furan rings is 1. The van der Waals surface area contributed by atoms with Gasteiger partial charge in [0, 0.05) is 44.1 Å². The fourth-order valence-corrected chi connectivity index (χ4v) is 3.77. The number of likely N-dealkylation sites (tertiary alicyclic amines) is 1. The van der Waals surface area contributed by atoms with Gasteiger partial charge < -0.3 is 19.0 Å². The predicted molar refractivity (Wildman–Crippen MR) is 93.5 cm³/mol. The maximum Gasteiger partial charge on any atom is 0.410 e. The number of carbonyl (C=O) groups is 1. The van der Waals surface area contributed by atoms with E-state index >= 15 is 0 Å². The Bertz CT molecular complexity index is 796. The third-order valence-corrected chi connectivity index (χ3v) is 4.88. The van der Waals surface area contributed by atoms with Gasteiger partial charge in [-0.3, -0.25) is 0 Å². The van der Waals surface area contributed by atoms with E-state index in [1.165, 1.54) is 0 Å². The number of fused-ring (bicyclic) bond motifs is 2. The van der Waals surface area contributed by atoms with E-state index in [1.54, 1.807) is 6.26 Å². The molecular formula is C18H24N4O3. The molecule has 2 fully saturated rings. The van der Waals surface area contributed by atoms with Crippen molar-refractivity contribution in [2.75, 3.05) is 31.1 Å². The van der Waals surface area contributed by atoms with Crippen molar-refractivity contribution >= 4 is 23.1 Å². The Hall–Kier alpha value is -2.31. The van der Waals surface area contributed by atoms with Crippen LogP contribution in [-0.2, 0) is 4.74 Å². The van der Waals surface area contributed by atoms with Gasteiger partial charge in [-0.2, -0.15) is 0 Å². The van der Waals surface area contributed by atoms with Gasteiger partial charge in [0.1, 0.15) is 11.1 Å². The summed E-state index contributed by atoms with van der Waals surface area (Å²) in [6.07, 6.45) is 1.44. The van der Waals surface area contributed by atoms with Crippen molar-refractivity contribution in [3.05, 3.63) is 18.0 Å². The fraction of sp³-hybridized carbons (Fsp3) is 0.611. The smallest absolute Gasteiger partial charge is 0.410 e. The number of rotatable bonds is 1. The average Bonchev–Trinajstić information content (AvgIpc) is 3.18. The Balaban J connectivity index is 1.44. The van der Waals surface area contributed by atoms with Gasteiger partial charge in [-0.05, 0) is 27.7 Å². The van der Waals surface area contributed by atoms with Gasteiger partial charge in [-0.25, -0.2) is 14.8 Å². The molecule has 2 atom stereocenters. The van der Waals surface area contributed by atoms with Gasteiger partial charge >= 0.3 is 6.09 Å². The van der Waals surface area contributed by atoms with E-state index in [4.69, 9.17) is 9.15 Å². The lowest BCUT2D eigenvalue weighted by Gasteiger charge is -2.26. The average molecular weight is 344 g/mol. The van der Waals surface area contributed by atoms with Crippen molar-refractivity contribution in [3.63, 3.8) is 0 Å². The monoisotopic (exact) mass is 344 g/mol. The number of aryl methyl sites for hydroxylation is 1. The van der Waals surface area contributed by atoms with Crippen LogP contribution in [0.5, 0.6) is 0 Å². The molecule has 0 saturated carbocycles. The van der Waals surface area contributed by atoms with Crippen LogP contribution in [0.25, 0.3) is 11.1 Å². The molecule has 4 rings (SSSR count). The zero-order valence-corrected chi connectivity index (χ0v) is 15.2. The quantitative estimate of drug-likeness (QED) is 0.792. The largest absolute Gasteiger partial charge is 0.461 e. The minimum absolute atomic E-state index is 0.208. The molecule has 0 N–H and O–H groups in total. The third-order valence-electron chi connectivity index (χ3n) is 4.88. The second-order valence-corrected chi connectivity index (χ2v) is 8.05. The van der Waals surface area contributed by atoms with E-state index in [0.29, 0.717) is 11.8 Å². The van der Waals surface area contributed by atoms with Crippen LogP contribution >= 0.6 is 0 Å². The predicted octanol–water partition coefficient (Wildman–Crippen LogP) is 2.83. The van der Waals surface area contributed by atoms with Crippen molar-refractivity contribution in [2.45, 2.75) is 33.3 Å². The van der Waals surface area contributed by atoms with Crippen LogP contribution in [0.3, 0.4) is 0 Å². The summed E-state index contributed by atoms with van der Waals surface area (Å²) in [6, 6.07) is 1.87. The topological polar surface area (TPSA) is 71.7 Å². The van der Waals surface area contributed by atoms with E-state index in [-0.39, 0.29) is 6.09 Å². The first kappa shape index (κ1) is 16.2. The van der Waals surface area contributed by atoms with Crippen molar-refractivity contribution in [2.24, 2.45) is 11.8 Å². The molecule has 2 aromatic rings. The number of ether oxygens (including phenoxy) is 1. The van der Waals surface area contributed by atoms with Crippen LogP contribution in [0.4, 0.5) is 10.7 Å². The number of carbonyl (C=O) groups excluding carboxylic acids is 1. The zero-order valence-electron chi connectivity index (χ0n) is 15.2. The summed E-state index contributed by atoms with van der Waals surface area (Å²) < 4.78 is 10.9. The summed E-state index contributed by atoms with van der Waals surface area (Å²) in [5.41, 5.74) is 2.00. The van der Waals surface area contributed by atoms with E-state index in [2.05, 4.69) is 14.9 Å². The molecule has 0 aliphatic carbocycles. The second-order valence-electron chi connectivity index (χ2n) is 8.05. The summed E-state index contributed by atoms with van der Waals surface area (Å²) in [7, 11) is 0. The molecule has 0 aromatic carbocycles. The van der Waals surface area contributed by atoms with Crippen LogP contribution in [0.15, 0.2) is 16.7 Å². The van der Waals surface area contributed by atoms with Crippen LogP contribution in [0.1, 0.15) is 26.5 Å². The van der Waals surface area contributed by atoms with Crippen LogP contribution in [0.2, 0.25) is 0 Å². The fourth-order valence-electron chi connectivity index (χ4n) is 3.77. The molecule has 0 spiro atoms. The highest BCUT2D eigenvalue weighted by molar-refractivity contribution is 5.76. The molecule has 1 amide bonds. The molecular weight excluding hydrogens is 320 g/mol. The summed E-state index contributed by atoms with van der Waals surface area (Å²) in [5.74, 6) is 1.64. The van der Waals surface area contributed by atoms with Crippen LogP contribution in [-0.4, -0.2) is 52.7 Å². The van der Waals surface area contributed by atoms with Gasteiger partial charge in [-0.1, -0.05) is 0 Å². The molecule has 7 nitrogen and oxygen atoms in total. The Morgan fingerprint density at radius 1 is 1.20 bits per heavy atom. The van der Waals surface area contributed by atoms with Crippen molar-refractivity contribution < 1.29 is 13.9 Å². The third kappa shape index (κ3) is 3.03. The molecule has 0 unspecified atom stereocenters. The van der Waals surface area contributed by atoms with Gasteiger partial charge in [0.2, 0.25) is 5.95 Å². The van der Waals surface area contributed by atoms with Gasteiger partial charge in [0.15, 0.2) is 5.58 Å². The van der Waals surface area contributed by atoms with E-state index in [9.17, 15) is 4.79 Å². The van der Waals surface area contributed by atoms with Gasteiger partial charge in [0.25, 0.3) is 0 Å². The number of nitrogens with zero attached hydrogens (tertiary/aromatic N) is 4. The van der Waals surface area contributed by atoms with Gasteiger partial charge in [-0.15, -0.1) is 0 Å². The molecule has 2 saturated heterocycles. The van der Waals surface area contributed by atoms with E-state index in [0.717, 1.165) is 48.9 Å². The highest BCUT2D eigenvalue weighted by Gasteiger charge is 2.43. The molecule has 2 aliphatic rings. The second kappa shape index (κ2) is 5.61. The zero-order chi connectivity index (χ0) is 17.8. The number of anilines is 1. The highest BCUT2D eigenvalue weighted by atomic mass is 16.6. The molecule has 0 radical (unpaired) electrons. The Morgan fingerprint density at radius 3 is 2.52 bits per heavy atom. The Labute approximate surface area is 147 Å². The minimum Gasteiger partial charge on any atom is -0.461 e. The normalized spacial score (nSPS) is 23.4. The maximum absolute atomic E-state index is 12.3. The Kier molecular flexibility index (Phi) is 3.63. The summed E-state index contributed by atoms with van der Waals surface area (Å²) in [6.45, 7) is 10.9. The van der Waals surface area contributed by atoms with Crippen molar-refractivity contribution in [1.29, 1.82) is 0 Å². The first-order valence-corrected chi connectivity index (χ1v) is 8.75. The minimum atomic E-state index is -0.452. The molecule has 7 heteroatoms. The highest BCUT2D eigenvalue weighted by Crippen LogP contribution is 2.34. The molecule has 2 aromatic heterocycles.